The van der Waals surface area contributed by atoms with E-state index in [9.17, 15) is 9.59 Å². The minimum absolute atomic E-state index is 0. The van der Waals surface area contributed by atoms with Gasteiger partial charge in [0.15, 0.2) is 11.3 Å². The van der Waals surface area contributed by atoms with E-state index >= 15 is 0 Å². The van der Waals surface area contributed by atoms with Crippen LogP contribution < -0.4 is 11.1 Å². The van der Waals surface area contributed by atoms with E-state index in [0.717, 1.165) is 25.0 Å². The number of rotatable bonds is 5. The Bertz CT molecular complexity index is 781. The van der Waals surface area contributed by atoms with Gasteiger partial charge in [0, 0.05) is 43.9 Å². The molecule has 2 aromatic heterocycles. The van der Waals surface area contributed by atoms with E-state index in [4.69, 9.17) is 10.2 Å². The largest absolute Gasteiger partial charge is 0.449 e. The molecule has 3 heterocycles. The lowest BCUT2D eigenvalue weighted by Crippen LogP contribution is -2.49. The fraction of sp³-hybridized carbons (Fsp3) is 0.500. The molecular formula is C18H26Cl2N4O3. The third-order valence-corrected chi connectivity index (χ3v) is 4.52. The third kappa shape index (κ3) is 5.57. The van der Waals surface area contributed by atoms with Crippen molar-refractivity contribution in [1.82, 2.24) is 15.2 Å². The van der Waals surface area contributed by atoms with Gasteiger partial charge in [0.05, 0.1) is 0 Å². The van der Waals surface area contributed by atoms with Crippen molar-refractivity contribution in [3.8, 4) is 0 Å². The first kappa shape index (κ1) is 23.2. The molecule has 27 heavy (non-hydrogen) atoms. The molecule has 0 saturated carbocycles. The lowest BCUT2D eigenvalue weighted by Gasteiger charge is -2.35. The lowest BCUT2D eigenvalue weighted by atomic mass is 10.0. The summed E-state index contributed by atoms with van der Waals surface area (Å²) in [6.07, 6.45) is 3.17. The van der Waals surface area contributed by atoms with Gasteiger partial charge in [0.25, 0.3) is 5.91 Å². The van der Waals surface area contributed by atoms with E-state index in [-0.39, 0.29) is 42.7 Å². The van der Waals surface area contributed by atoms with E-state index in [0.29, 0.717) is 42.9 Å². The molecule has 2 amide bonds. The molecule has 150 valence electrons. The number of hydrogen-bond donors (Lipinski definition) is 2. The maximum atomic E-state index is 12.9. The van der Waals surface area contributed by atoms with Gasteiger partial charge in [-0.25, -0.2) is 4.98 Å². The highest BCUT2D eigenvalue weighted by molar-refractivity contribution is 5.95. The summed E-state index contributed by atoms with van der Waals surface area (Å²) in [7, 11) is 0. The molecule has 0 bridgehead atoms. The van der Waals surface area contributed by atoms with Crippen LogP contribution in [0.3, 0.4) is 0 Å². The van der Waals surface area contributed by atoms with Crippen LogP contribution in [0.25, 0.3) is 11.1 Å². The fourth-order valence-corrected chi connectivity index (χ4v) is 3.20. The van der Waals surface area contributed by atoms with Crippen LogP contribution in [-0.4, -0.2) is 47.4 Å². The number of nitrogens with two attached hydrogens (primary N) is 1. The van der Waals surface area contributed by atoms with Gasteiger partial charge in [-0.3, -0.25) is 9.59 Å². The third-order valence-electron chi connectivity index (χ3n) is 4.52. The summed E-state index contributed by atoms with van der Waals surface area (Å²) < 4.78 is 5.69. The molecule has 1 atom stereocenters. The van der Waals surface area contributed by atoms with Crippen LogP contribution in [0.2, 0.25) is 0 Å². The van der Waals surface area contributed by atoms with Gasteiger partial charge in [-0.05, 0) is 38.3 Å². The standard InChI is InChI=1S/C18H24N4O3.2ClH/c1-12-5-6-15-14(21-12)10-16(25-15)18(24)22-9-3-2-4-13(22)11-20-17(23)7-8-19;;/h5-6,10,13H,2-4,7-9,11,19H2,1H3,(H,20,23);2*1H. The second-order valence-electron chi connectivity index (χ2n) is 6.44. The number of pyridine rings is 1. The van der Waals surface area contributed by atoms with E-state index in [1.807, 2.05) is 19.1 Å². The summed E-state index contributed by atoms with van der Waals surface area (Å²) in [4.78, 5) is 30.8. The molecule has 1 aliphatic heterocycles. The second-order valence-corrected chi connectivity index (χ2v) is 6.44. The summed E-state index contributed by atoms with van der Waals surface area (Å²) in [6.45, 7) is 3.34. The Morgan fingerprint density at radius 1 is 1.33 bits per heavy atom. The number of aromatic nitrogens is 1. The van der Waals surface area contributed by atoms with Crippen molar-refractivity contribution in [2.24, 2.45) is 5.73 Å². The number of carbonyl (C=O) groups excluding carboxylic acids is 2. The predicted molar refractivity (Wildman–Crippen MR) is 109 cm³/mol. The summed E-state index contributed by atoms with van der Waals surface area (Å²) in [6, 6.07) is 5.36. The van der Waals surface area contributed by atoms with Gasteiger partial charge in [-0.2, -0.15) is 0 Å². The summed E-state index contributed by atoms with van der Waals surface area (Å²) in [5, 5.41) is 2.87. The minimum atomic E-state index is -0.145. The molecule has 3 N–H and O–H groups in total. The lowest BCUT2D eigenvalue weighted by molar-refractivity contribution is -0.121. The first-order chi connectivity index (χ1) is 12.1. The van der Waals surface area contributed by atoms with Gasteiger partial charge >= 0.3 is 0 Å². The molecule has 0 aromatic carbocycles. The minimum Gasteiger partial charge on any atom is -0.449 e. The summed E-state index contributed by atoms with van der Waals surface area (Å²) in [5.74, 6) is 0.0746. The van der Waals surface area contributed by atoms with Crippen LogP contribution in [0.5, 0.6) is 0 Å². The van der Waals surface area contributed by atoms with Crippen LogP contribution in [0.1, 0.15) is 41.9 Å². The van der Waals surface area contributed by atoms with Crippen molar-refractivity contribution in [1.29, 1.82) is 0 Å². The number of amides is 2. The molecular weight excluding hydrogens is 391 g/mol. The predicted octanol–water partition coefficient (Wildman–Crippen LogP) is 2.44. The number of piperidine rings is 1. The van der Waals surface area contributed by atoms with Crippen LogP contribution in [0, 0.1) is 6.92 Å². The van der Waals surface area contributed by atoms with Gasteiger partial charge in [0.2, 0.25) is 5.91 Å². The molecule has 2 aromatic rings. The maximum absolute atomic E-state index is 12.9. The van der Waals surface area contributed by atoms with E-state index in [2.05, 4.69) is 10.3 Å². The molecule has 0 radical (unpaired) electrons. The van der Waals surface area contributed by atoms with E-state index in [1.165, 1.54) is 0 Å². The van der Waals surface area contributed by atoms with Crippen LogP contribution >= 0.6 is 24.8 Å². The van der Waals surface area contributed by atoms with Gasteiger partial charge < -0.3 is 20.4 Å². The second kappa shape index (κ2) is 10.5. The maximum Gasteiger partial charge on any atom is 0.289 e. The number of furan rings is 1. The highest BCUT2D eigenvalue weighted by atomic mass is 35.5. The highest BCUT2D eigenvalue weighted by Crippen LogP contribution is 2.23. The average molecular weight is 417 g/mol. The number of hydrogen-bond acceptors (Lipinski definition) is 5. The zero-order valence-corrected chi connectivity index (χ0v) is 16.9. The highest BCUT2D eigenvalue weighted by Gasteiger charge is 2.29. The monoisotopic (exact) mass is 416 g/mol. The molecule has 0 spiro atoms. The fourth-order valence-electron chi connectivity index (χ4n) is 3.20. The smallest absolute Gasteiger partial charge is 0.289 e. The van der Waals surface area contributed by atoms with Gasteiger partial charge in [0.1, 0.15) is 5.52 Å². The molecule has 1 unspecified atom stereocenters. The molecule has 9 heteroatoms. The first-order valence-corrected chi connectivity index (χ1v) is 8.73. The average Bonchev–Trinajstić information content (AvgIpc) is 3.03. The number of fused-ring (bicyclic) bond motifs is 1. The Kier molecular flexibility index (Phi) is 9.02. The van der Waals surface area contributed by atoms with Crippen molar-refractivity contribution in [3.63, 3.8) is 0 Å². The Morgan fingerprint density at radius 3 is 2.85 bits per heavy atom. The number of halogens is 2. The zero-order chi connectivity index (χ0) is 17.8. The molecule has 3 rings (SSSR count). The van der Waals surface area contributed by atoms with Crippen molar-refractivity contribution in [2.45, 2.75) is 38.6 Å². The SMILES string of the molecule is Cc1ccc2oc(C(=O)N3CCCCC3CNC(=O)CCN)cc2n1.Cl.Cl. The molecule has 0 aliphatic carbocycles. The van der Waals surface area contributed by atoms with Crippen LogP contribution in [-0.2, 0) is 4.79 Å². The molecule has 1 saturated heterocycles. The first-order valence-electron chi connectivity index (χ1n) is 8.73. The van der Waals surface area contributed by atoms with E-state index < -0.39 is 0 Å². The van der Waals surface area contributed by atoms with Crippen LogP contribution in [0.4, 0.5) is 0 Å². The van der Waals surface area contributed by atoms with Crippen molar-refractivity contribution in [2.75, 3.05) is 19.6 Å². The Balaban J connectivity index is 0.00000182. The summed E-state index contributed by atoms with van der Waals surface area (Å²) >= 11 is 0. The molecule has 7 nitrogen and oxygen atoms in total. The normalized spacial score (nSPS) is 16.4. The van der Waals surface area contributed by atoms with Gasteiger partial charge in [-0.1, -0.05) is 0 Å². The van der Waals surface area contributed by atoms with Crippen LogP contribution in [0.15, 0.2) is 22.6 Å². The van der Waals surface area contributed by atoms with Gasteiger partial charge in [-0.15, -0.1) is 24.8 Å². The number of likely N-dealkylation sites (tertiary alicyclic amines) is 1. The van der Waals surface area contributed by atoms with Crippen molar-refractivity contribution >= 4 is 47.7 Å². The number of nitrogens with one attached hydrogen (secondary N) is 1. The van der Waals surface area contributed by atoms with Crippen molar-refractivity contribution < 1.29 is 14.0 Å². The number of carbonyl (C=O) groups is 2. The quantitative estimate of drug-likeness (QED) is 0.778. The number of nitrogens with zero attached hydrogens (tertiary/aromatic N) is 2. The van der Waals surface area contributed by atoms with E-state index in [1.54, 1.807) is 11.0 Å². The number of aryl methyl sites for hydroxylation is 1. The Hall–Kier alpha value is -1.83. The molecule has 1 aliphatic rings. The van der Waals surface area contributed by atoms with Crippen molar-refractivity contribution in [3.05, 3.63) is 29.7 Å². The molecule has 1 fully saturated rings. The zero-order valence-electron chi connectivity index (χ0n) is 15.3. The topological polar surface area (TPSA) is 101 Å². The Morgan fingerprint density at radius 2 is 2.11 bits per heavy atom. The Labute approximate surface area is 170 Å². The summed E-state index contributed by atoms with van der Waals surface area (Å²) in [5.41, 5.74) is 7.57.